The summed E-state index contributed by atoms with van der Waals surface area (Å²) in [7, 11) is -0.379. The van der Waals surface area contributed by atoms with Crippen LogP contribution in [-0.2, 0) is 0 Å². The summed E-state index contributed by atoms with van der Waals surface area (Å²) in [6.07, 6.45) is 4.49. The molecule has 1 N–H and O–H groups in total. The van der Waals surface area contributed by atoms with E-state index in [-0.39, 0.29) is 7.12 Å². The van der Waals surface area contributed by atoms with E-state index < -0.39 is 0 Å². The first-order chi connectivity index (χ1) is 12.2. The smallest absolute Gasteiger partial charge is 0.519 e. The summed E-state index contributed by atoms with van der Waals surface area (Å²) in [6.45, 7) is 4.57. The van der Waals surface area contributed by atoms with Crippen LogP contribution in [0.15, 0.2) is 66.2 Å². The van der Waals surface area contributed by atoms with Gasteiger partial charge < -0.3 is 14.6 Å². The van der Waals surface area contributed by atoms with Crippen molar-refractivity contribution >= 4 is 12.8 Å². The Hall–Kier alpha value is -2.62. The van der Waals surface area contributed by atoms with E-state index in [1.54, 1.807) is 0 Å². The first kappa shape index (κ1) is 14.7. The third-order valence-corrected chi connectivity index (χ3v) is 5.52. The molecule has 124 valence electrons. The van der Waals surface area contributed by atoms with E-state index in [4.69, 9.17) is 9.31 Å². The normalized spacial score (nSPS) is 26.2. The Kier molecular flexibility index (Phi) is 3.20. The van der Waals surface area contributed by atoms with E-state index in [0.717, 1.165) is 22.7 Å². The van der Waals surface area contributed by atoms with Gasteiger partial charge in [0.05, 0.1) is 0 Å². The van der Waals surface area contributed by atoms with Gasteiger partial charge >= 0.3 is 7.12 Å². The lowest BCUT2D eigenvalue weighted by atomic mass is 9.76. The Labute approximate surface area is 148 Å². The average molecular weight is 329 g/mol. The fourth-order valence-electron chi connectivity index (χ4n) is 4.23. The van der Waals surface area contributed by atoms with Gasteiger partial charge in [-0.15, -0.1) is 0 Å². The quantitative estimate of drug-likeness (QED) is 0.796. The van der Waals surface area contributed by atoms with Gasteiger partial charge in [-0.1, -0.05) is 56.3 Å². The van der Waals surface area contributed by atoms with Gasteiger partial charge in [0.25, 0.3) is 0 Å². The molecular weight excluding hydrogens is 309 g/mol. The first-order valence-corrected chi connectivity index (χ1v) is 8.92. The third kappa shape index (κ3) is 2.28. The topological polar surface area (TPSA) is 30.5 Å². The molecule has 4 heteroatoms. The summed E-state index contributed by atoms with van der Waals surface area (Å²) in [6, 6.07) is 16.9. The minimum absolute atomic E-state index is 0.377. The number of rotatable bonds is 1. The van der Waals surface area contributed by atoms with E-state index in [9.17, 15) is 0 Å². The summed E-state index contributed by atoms with van der Waals surface area (Å²) < 4.78 is 12.1. The molecule has 0 spiro atoms. The van der Waals surface area contributed by atoms with E-state index in [1.165, 1.54) is 11.1 Å². The molecule has 3 aliphatic heterocycles. The molecule has 0 saturated heterocycles. The monoisotopic (exact) mass is 329 g/mol. The lowest BCUT2D eigenvalue weighted by molar-refractivity contribution is 0.415. The van der Waals surface area contributed by atoms with Crippen LogP contribution in [0.3, 0.4) is 0 Å². The maximum atomic E-state index is 6.05. The summed E-state index contributed by atoms with van der Waals surface area (Å²) in [5.74, 6) is 2.46. The van der Waals surface area contributed by atoms with E-state index >= 15 is 0 Å². The maximum Gasteiger partial charge on any atom is 0.632 e. The number of benzene rings is 2. The second-order valence-electron chi connectivity index (χ2n) is 7.14. The molecule has 3 heterocycles. The van der Waals surface area contributed by atoms with Crippen molar-refractivity contribution in [3.05, 3.63) is 77.3 Å². The third-order valence-electron chi connectivity index (χ3n) is 5.52. The van der Waals surface area contributed by atoms with Crippen LogP contribution in [-0.4, -0.2) is 13.2 Å². The number of allylic oxidation sites excluding steroid dienone is 2. The molecule has 5 rings (SSSR count). The fraction of sp³-hybridized carbons (Fsp3) is 0.238. The molecular formula is C21H20BNO2. The predicted molar refractivity (Wildman–Crippen MR) is 100 cm³/mol. The van der Waals surface area contributed by atoms with E-state index in [1.807, 2.05) is 24.3 Å². The van der Waals surface area contributed by atoms with Crippen LogP contribution in [0.25, 0.3) is 5.70 Å². The highest BCUT2D eigenvalue weighted by Crippen LogP contribution is 2.40. The van der Waals surface area contributed by atoms with Crippen molar-refractivity contribution in [2.45, 2.75) is 25.8 Å². The highest BCUT2D eigenvalue weighted by molar-refractivity contribution is 6.57. The summed E-state index contributed by atoms with van der Waals surface area (Å²) in [5, 5.41) is 3.74. The highest BCUT2D eigenvalue weighted by atomic mass is 16.6. The molecule has 3 nitrogen and oxygen atoms in total. The van der Waals surface area contributed by atoms with Crippen molar-refractivity contribution in [1.82, 2.24) is 5.32 Å². The molecule has 0 fully saturated rings. The molecule has 0 aromatic heterocycles. The van der Waals surface area contributed by atoms with Crippen LogP contribution in [0.2, 0.25) is 0 Å². The van der Waals surface area contributed by atoms with Crippen LogP contribution in [0.5, 0.6) is 11.5 Å². The number of hydrogen-bond donors (Lipinski definition) is 1. The fourth-order valence-corrected chi connectivity index (χ4v) is 4.23. The van der Waals surface area contributed by atoms with Crippen LogP contribution in [0.1, 0.15) is 30.9 Å². The van der Waals surface area contributed by atoms with E-state index in [0.29, 0.717) is 17.9 Å². The predicted octanol–water partition coefficient (Wildman–Crippen LogP) is 4.18. The molecule has 3 unspecified atom stereocenters. The molecule has 0 saturated carbocycles. The average Bonchev–Trinajstić information content (AvgIpc) is 3.00. The zero-order valence-electron chi connectivity index (χ0n) is 14.4. The lowest BCUT2D eigenvalue weighted by Gasteiger charge is -2.36. The van der Waals surface area contributed by atoms with Crippen LogP contribution in [0.4, 0.5) is 0 Å². The molecule has 3 aliphatic rings. The number of fused-ring (bicyclic) bond motifs is 5. The first-order valence-electron chi connectivity index (χ1n) is 8.92. The summed E-state index contributed by atoms with van der Waals surface area (Å²) in [5.41, 5.74) is 4.94. The molecule has 25 heavy (non-hydrogen) atoms. The number of hydrogen-bond acceptors (Lipinski definition) is 3. The van der Waals surface area contributed by atoms with Gasteiger partial charge in [0.1, 0.15) is 11.5 Å². The Bertz CT molecular complexity index is 879. The zero-order chi connectivity index (χ0) is 17.0. The minimum atomic E-state index is -0.379. The Morgan fingerprint density at radius 3 is 2.36 bits per heavy atom. The lowest BCUT2D eigenvalue weighted by Crippen LogP contribution is -2.40. The van der Waals surface area contributed by atoms with Crippen molar-refractivity contribution in [3.63, 3.8) is 0 Å². The maximum absolute atomic E-state index is 6.05. The van der Waals surface area contributed by atoms with Crippen LogP contribution in [0, 0.1) is 5.92 Å². The Morgan fingerprint density at radius 2 is 1.60 bits per heavy atom. The van der Waals surface area contributed by atoms with Crippen molar-refractivity contribution in [2.24, 2.45) is 5.92 Å². The van der Waals surface area contributed by atoms with Gasteiger partial charge in [0.15, 0.2) is 0 Å². The largest absolute Gasteiger partial charge is 0.632 e. The van der Waals surface area contributed by atoms with Crippen molar-refractivity contribution in [3.8, 4) is 11.5 Å². The SMILES string of the molecule is CC1C=C(B2Oc3ccccc3O2)C=C2NC1C(C)c1ccccc12. The molecule has 0 radical (unpaired) electrons. The van der Waals surface area contributed by atoms with E-state index in [2.05, 4.69) is 55.6 Å². The second-order valence-corrected chi connectivity index (χ2v) is 7.14. The Balaban J connectivity index is 1.57. The summed E-state index contributed by atoms with van der Waals surface area (Å²) >= 11 is 0. The van der Waals surface area contributed by atoms with Crippen molar-refractivity contribution in [1.29, 1.82) is 0 Å². The van der Waals surface area contributed by atoms with Crippen LogP contribution < -0.4 is 14.6 Å². The van der Waals surface area contributed by atoms with Gasteiger partial charge in [-0.05, 0) is 29.7 Å². The minimum Gasteiger partial charge on any atom is -0.519 e. The molecule has 2 aromatic carbocycles. The van der Waals surface area contributed by atoms with Crippen molar-refractivity contribution in [2.75, 3.05) is 0 Å². The van der Waals surface area contributed by atoms with Gasteiger partial charge in [-0.3, -0.25) is 0 Å². The molecule has 2 aromatic rings. The van der Waals surface area contributed by atoms with Gasteiger partial charge in [0.2, 0.25) is 0 Å². The number of para-hydroxylation sites is 2. The Morgan fingerprint density at radius 1 is 0.920 bits per heavy atom. The molecule has 2 bridgehead atoms. The van der Waals surface area contributed by atoms with Gasteiger partial charge in [0, 0.05) is 28.7 Å². The molecule has 0 amide bonds. The standard InChI is InChI=1S/C21H20BNO2/c1-13-11-15(22-24-19-9-5-6-10-20(19)25-22)12-18-17-8-4-3-7-16(17)14(2)21(13)23-18/h3-14,21,23H,1-2H3. The molecule has 3 atom stereocenters. The zero-order valence-corrected chi connectivity index (χ0v) is 14.4. The second kappa shape index (κ2) is 5.45. The van der Waals surface area contributed by atoms with Gasteiger partial charge in [-0.2, -0.15) is 0 Å². The molecule has 0 aliphatic carbocycles. The highest BCUT2D eigenvalue weighted by Gasteiger charge is 2.39. The van der Waals surface area contributed by atoms with Crippen LogP contribution >= 0.6 is 0 Å². The summed E-state index contributed by atoms with van der Waals surface area (Å²) in [4.78, 5) is 0. The number of nitrogens with one attached hydrogen (secondary N) is 1. The van der Waals surface area contributed by atoms with Crippen molar-refractivity contribution < 1.29 is 9.31 Å². The van der Waals surface area contributed by atoms with Gasteiger partial charge in [-0.25, -0.2) is 0 Å².